The molecule has 4 heteroatoms. The molecule has 0 aromatic carbocycles. The Hall–Kier alpha value is -1.06. The highest BCUT2D eigenvalue weighted by molar-refractivity contribution is 5.72. The Morgan fingerprint density at radius 1 is 0.909 bits per heavy atom. The summed E-state index contributed by atoms with van der Waals surface area (Å²) in [5, 5.41) is 11.8. The van der Waals surface area contributed by atoms with E-state index in [0.717, 1.165) is 32.1 Å². The maximum absolute atomic E-state index is 10.9. The van der Waals surface area contributed by atoms with Crippen LogP contribution in [0.25, 0.3) is 0 Å². The van der Waals surface area contributed by atoms with E-state index in [0.29, 0.717) is 12.5 Å². The van der Waals surface area contributed by atoms with Crippen molar-refractivity contribution in [3.8, 4) is 0 Å². The van der Waals surface area contributed by atoms with Crippen LogP contribution in [-0.4, -0.2) is 23.5 Å². The van der Waals surface area contributed by atoms with Crippen molar-refractivity contribution in [1.82, 2.24) is 5.32 Å². The second-order valence-electron chi connectivity index (χ2n) is 6.35. The third-order valence-electron chi connectivity index (χ3n) is 4.09. The fraction of sp³-hybridized carbons (Fsp3) is 0.889. The molecule has 1 amide bonds. The van der Waals surface area contributed by atoms with Crippen LogP contribution in [0.4, 0.5) is 0 Å². The second kappa shape index (κ2) is 14.9. The first kappa shape index (κ1) is 20.9. The van der Waals surface area contributed by atoms with Crippen LogP contribution >= 0.6 is 0 Å². The molecule has 4 nitrogen and oxygen atoms in total. The summed E-state index contributed by atoms with van der Waals surface area (Å²) in [7, 11) is 0. The first-order chi connectivity index (χ1) is 10.6. The summed E-state index contributed by atoms with van der Waals surface area (Å²) in [5.74, 6) is -0.384. The minimum absolute atomic E-state index is 0.00478. The number of carbonyl (C=O) groups is 2. The largest absolute Gasteiger partial charge is 0.481 e. The van der Waals surface area contributed by atoms with E-state index in [2.05, 4.69) is 12.2 Å². The Labute approximate surface area is 136 Å². The number of unbranched alkanes of at least 4 members (excludes halogenated alkanes) is 7. The number of carboxylic acid groups (broad SMARTS) is 1. The number of hydrogen-bond acceptors (Lipinski definition) is 2. The summed E-state index contributed by atoms with van der Waals surface area (Å²) >= 11 is 0. The maximum Gasteiger partial charge on any atom is 0.303 e. The van der Waals surface area contributed by atoms with Crippen LogP contribution in [0, 0.1) is 5.92 Å². The quantitative estimate of drug-likeness (QED) is 0.437. The molecule has 0 spiro atoms. The topological polar surface area (TPSA) is 66.4 Å². The Morgan fingerprint density at radius 2 is 1.45 bits per heavy atom. The molecule has 130 valence electrons. The number of carboxylic acids is 1. The summed E-state index contributed by atoms with van der Waals surface area (Å²) in [4.78, 5) is 21.7. The van der Waals surface area contributed by atoms with E-state index < -0.39 is 5.97 Å². The average molecular weight is 313 g/mol. The summed E-state index contributed by atoms with van der Waals surface area (Å²) in [5.41, 5.74) is 0. The van der Waals surface area contributed by atoms with Crippen molar-refractivity contribution in [2.45, 2.75) is 90.9 Å². The van der Waals surface area contributed by atoms with Gasteiger partial charge in [0.05, 0.1) is 0 Å². The Morgan fingerprint density at radius 3 is 2.00 bits per heavy atom. The zero-order valence-electron chi connectivity index (χ0n) is 14.5. The fourth-order valence-electron chi connectivity index (χ4n) is 2.81. The van der Waals surface area contributed by atoms with Crippen molar-refractivity contribution < 1.29 is 14.7 Å². The number of rotatable bonds is 15. The molecular formula is C18H35NO3. The number of hydrogen-bond donors (Lipinski definition) is 2. The molecule has 0 aliphatic carbocycles. The highest BCUT2D eigenvalue weighted by Crippen LogP contribution is 2.21. The molecule has 0 radical (unpaired) electrons. The van der Waals surface area contributed by atoms with E-state index >= 15 is 0 Å². The Bertz CT molecular complexity index is 292. The lowest BCUT2D eigenvalue weighted by molar-refractivity contribution is -0.138. The summed E-state index contributed by atoms with van der Waals surface area (Å²) in [6, 6.07) is 0. The molecule has 0 aromatic heterocycles. The number of nitrogens with one attached hydrogen (secondary N) is 1. The summed E-state index contributed by atoms with van der Waals surface area (Å²) in [6.45, 7) is 4.45. The smallest absolute Gasteiger partial charge is 0.303 e. The molecule has 0 aliphatic heterocycles. The summed E-state index contributed by atoms with van der Waals surface area (Å²) < 4.78 is 0. The van der Waals surface area contributed by atoms with Gasteiger partial charge < -0.3 is 10.4 Å². The average Bonchev–Trinajstić information content (AvgIpc) is 2.44. The number of amides is 1. The molecule has 2 N–H and O–H groups in total. The number of carbonyl (C=O) groups excluding carboxylic acids is 1. The van der Waals surface area contributed by atoms with Crippen molar-refractivity contribution in [1.29, 1.82) is 0 Å². The van der Waals surface area contributed by atoms with Gasteiger partial charge >= 0.3 is 5.97 Å². The van der Waals surface area contributed by atoms with Gasteiger partial charge in [-0.2, -0.15) is 0 Å². The van der Waals surface area contributed by atoms with Crippen LogP contribution in [0.3, 0.4) is 0 Å². The molecule has 0 bridgehead atoms. The molecule has 0 rings (SSSR count). The molecule has 1 unspecified atom stereocenters. The van der Waals surface area contributed by atoms with E-state index in [1.165, 1.54) is 45.4 Å². The minimum atomic E-state index is -0.685. The van der Waals surface area contributed by atoms with E-state index in [1.807, 2.05) is 0 Å². The van der Waals surface area contributed by atoms with Gasteiger partial charge in [-0.1, -0.05) is 58.3 Å². The van der Waals surface area contributed by atoms with Crippen LogP contribution in [0.1, 0.15) is 90.9 Å². The van der Waals surface area contributed by atoms with Gasteiger partial charge in [-0.3, -0.25) is 9.59 Å². The SMILES string of the molecule is CCCCCCCCCC(CCCCNC(C)=O)CC(=O)O. The third-order valence-corrected chi connectivity index (χ3v) is 4.09. The highest BCUT2D eigenvalue weighted by atomic mass is 16.4. The monoisotopic (exact) mass is 313 g/mol. The van der Waals surface area contributed by atoms with Gasteiger partial charge in [-0.15, -0.1) is 0 Å². The molecular weight excluding hydrogens is 278 g/mol. The van der Waals surface area contributed by atoms with Crippen molar-refractivity contribution in [2.75, 3.05) is 6.54 Å². The lowest BCUT2D eigenvalue weighted by Crippen LogP contribution is -2.21. The van der Waals surface area contributed by atoms with Gasteiger partial charge in [0.15, 0.2) is 0 Å². The van der Waals surface area contributed by atoms with Gasteiger partial charge in [-0.25, -0.2) is 0 Å². The van der Waals surface area contributed by atoms with Gasteiger partial charge in [-0.05, 0) is 25.2 Å². The first-order valence-corrected chi connectivity index (χ1v) is 9.02. The Balaban J connectivity index is 3.69. The fourth-order valence-corrected chi connectivity index (χ4v) is 2.81. The predicted molar refractivity (Wildman–Crippen MR) is 90.9 cm³/mol. The maximum atomic E-state index is 10.9. The highest BCUT2D eigenvalue weighted by Gasteiger charge is 2.12. The lowest BCUT2D eigenvalue weighted by atomic mass is 9.92. The molecule has 1 atom stereocenters. The predicted octanol–water partition coefficient (Wildman–Crippen LogP) is 4.52. The van der Waals surface area contributed by atoms with Crippen LogP contribution in [0.5, 0.6) is 0 Å². The Kier molecular flexibility index (Phi) is 14.1. The molecule has 0 saturated carbocycles. The zero-order valence-corrected chi connectivity index (χ0v) is 14.5. The molecule has 0 fully saturated rings. The van der Waals surface area contributed by atoms with Crippen LogP contribution < -0.4 is 5.32 Å². The van der Waals surface area contributed by atoms with Gasteiger partial charge in [0.2, 0.25) is 5.91 Å². The molecule has 0 saturated heterocycles. The van der Waals surface area contributed by atoms with Gasteiger partial charge in [0.25, 0.3) is 0 Å². The molecule has 22 heavy (non-hydrogen) atoms. The third kappa shape index (κ3) is 15.3. The van der Waals surface area contributed by atoms with Gasteiger partial charge in [0, 0.05) is 19.9 Å². The van der Waals surface area contributed by atoms with Crippen LogP contribution in [0.15, 0.2) is 0 Å². The standard InChI is InChI=1S/C18H35NO3/c1-3-4-5-6-7-8-9-12-17(15-18(21)22)13-10-11-14-19-16(2)20/h17H,3-15H2,1-2H3,(H,19,20)(H,21,22). The summed E-state index contributed by atoms with van der Waals surface area (Å²) in [6.07, 6.45) is 13.1. The van der Waals surface area contributed by atoms with E-state index in [-0.39, 0.29) is 12.3 Å². The van der Waals surface area contributed by atoms with E-state index in [1.54, 1.807) is 0 Å². The van der Waals surface area contributed by atoms with Crippen molar-refractivity contribution >= 4 is 11.9 Å². The minimum Gasteiger partial charge on any atom is -0.481 e. The van der Waals surface area contributed by atoms with Crippen molar-refractivity contribution in [3.05, 3.63) is 0 Å². The van der Waals surface area contributed by atoms with Crippen molar-refractivity contribution in [2.24, 2.45) is 5.92 Å². The van der Waals surface area contributed by atoms with Gasteiger partial charge in [0.1, 0.15) is 0 Å². The van der Waals surface area contributed by atoms with Crippen LogP contribution in [0.2, 0.25) is 0 Å². The molecule has 0 heterocycles. The van der Waals surface area contributed by atoms with Crippen LogP contribution in [-0.2, 0) is 9.59 Å². The number of aliphatic carboxylic acids is 1. The van der Waals surface area contributed by atoms with E-state index in [9.17, 15) is 9.59 Å². The zero-order chi connectivity index (χ0) is 16.6. The van der Waals surface area contributed by atoms with E-state index in [4.69, 9.17) is 5.11 Å². The first-order valence-electron chi connectivity index (χ1n) is 9.02. The molecule has 0 aromatic rings. The van der Waals surface area contributed by atoms with Crippen molar-refractivity contribution in [3.63, 3.8) is 0 Å². The normalized spacial score (nSPS) is 12.1. The second-order valence-corrected chi connectivity index (χ2v) is 6.35. The lowest BCUT2D eigenvalue weighted by Gasteiger charge is -2.14. The molecule has 0 aliphatic rings.